The van der Waals surface area contributed by atoms with E-state index in [0.717, 1.165) is 19.4 Å². The Kier molecular flexibility index (Phi) is 8.33. The van der Waals surface area contributed by atoms with Gasteiger partial charge in [0.15, 0.2) is 0 Å². The Morgan fingerprint density at radius 1 is 1.40 bits per heavy atom. The second-order valence-corrected chi connectivity index (χ2v) is 3.93. The highest BCUT2D eigenvalue weighted by molar-refractivity contribution is 5.81. The van der Waals surface area contributed by atoms with Crippen LogP contribution in [0.3, 0.4) is 0 Å². The predicted molar refractivity (Wildman–Crippen MR) is 61.6 cm³/mol. The number of carbonyl (C=O) groups is 1. The van der Waals surface area contributed by atoms with E-state index in [1.54, 1.807) is 0 Å². The van der Waals surface area contributed by atoms with E-state index in [1.165, 1.54) is 0 Å². The standard InChI is InChI=1S/C11H24N2O2/c1-4-10(12)11(14)13-7-5-6-8-15-9(2)3/h9-10H,4-8,12H2,1-3H3,(H,13,14)/t10-/m1/s1. The van der Waals surface area contributed by atoms with Crippen molar-refractivity contribution in [2.45, 2.75) is 52.2 Å². The summed E-state index contributed by atoms with van der Waals surface area (Å²) >= 11 is 0. The molecule has 4 heteroatoms. The monoisotopic (exact) mass is 216 g/mol. The molecule has 0 saturated carbocycles. The van der Waals surface area contributed by atoms with E-state index < -0.39 is 0 Å². The van der Waals surface area contributed by atoms with E-state index in [1.807, 2.05) is 20.8 Å². The van der Waals surface area contributed by atoms with E-state index in [0.29, 0.717) is 13.0 Å². The van der Waals surface area contributed by atoms with Gasteiger partial charge in [0.1, 0.15) is 0 Å². The number of hydrogen-bond acceptors (Lipinski definition) is 3. The van der Waals surface area contributed by atoms with Crippen LogP contribution in [0.1, 0.15) is 40.0 Å². The quantitative estimate of drug-likeness (QED) is 0.596. The molecule has 4 nitrogen and oxygen atoms in total. The zero-order valence-corrected chi connectivity index (χ0v) is 10.1. The molecule has 0 fully saturated rings. The van der Waals surface area contributed by atoms with Gasteiger partial charge in [-0.2, -0.15) is 0 Å². The van der Waals surface area contributed by atoms with Gasteiger partial charge in [-0.1, -0.05) is 6.92 Å². The van der Waals surface area contributed by atoms with Crippen LogP contribution in [0.4, 0.5) is 0 Å². The zero-order chi connectivity index (χ0) is 11.7. The maximum atomic E-state index is 11.2. The van der Waals surface area contributed by atoms with Crippen LogP contribution in [0.5, 0.6) is 0 Å². The lowest BCUT2D eigenvalue weighted by Gasteiger charge is -2.10. The Labute approximate surface area is 92.6 Å². The van der Waals surface area contributed by atoms with Crippen LogP contribution in [0.15, 0.2) is 0 Å². The average molecular weight is 216 g/mol. The Balaban J connectivity index is 3.27. The number of carbonyl (C=O) groups excluding carboxylic acids is 1. The molecule has 0 aromatic rings. The van der Waals surface area contributed by atoms with Crippen molar-refractivity contribution < 1.29 is 9.53 Å². The summed E-state index contributed by atoms with van der Waals surface area (Å²) in [5.41, 5.74) is 5.56. The SMILES string of the molecule is CC[C@@H](N)C(=O)NCCCCOC(C)C. The molecule has 3 N–H and O–H groups in total. The largest absolute Gasteiger partial charge is 0.379 e. The topological polar surface area (TPSA) is 64.4 Å². The van der Waals surface area contributed by atoms with E-state index >= 15 is 0 Å². The molecule has 0 aromatic carbocycles. The second kappa shape index (κ2) is 8.68. The van der Waals surface area contributed by atoms with Crippen LogP contribution in [0.2, 0.25) is 0 Å². The normalized spacial score (nSPS) is 12.9. The van der Waals surface area contributed by atoms with Gasteiger partial charge in [0.05, 0.1) is 12.1 Å². The average Bonchev–Trinajstić information content (AvgIpc) is 2.21. The molecule has 0 spiro atoms. The third-order valence-electron chi connectivity index (χ3n) is 2.10. The number of hydrogen-bond donors (Lipinski definition) is 2. The van der Waals surface area contributed by atoms with Gasteiger partial charge >= 0.3 is 0 Å². The van der Waals surface area contributed by atoms with Gasteiger partial charge in [-0.3, -0.25) is 4.79 Å². The van der Waals surface area contributed by atoms with Crippen LogP contribution in [-0.2, 0) is 9.53 Å². The second-order valence-electron chi connectivity index (χ2n) is 3.93. The van der Waals surface area contributed by atoms with Crippen LogP contribution < -0.4 is 11.1 Å². The summed E-state index contributed by atoms with van der Waals surface area (Å²) < 4.78 is 5.38. The summed E-state index contributed by atoms with van der Waals surface area (Å²) in [4.78, 5) is 11.2. The molecule has 1 amide bonds. The molecule has 0 rings (SSSR count). The third-order valence-corrected chi connectivity index (χ3v) is 2.10. The minimum Gasteiger partial charge on any atom is -0.379 e. The summed E-state index contributed by atoms with van der Waals surface area (Å²) in [6.07, 6.45) is 2.88. The lowest BCUT2D eigenvalue weighted by Crippen LogP contribution is -2.40. The molecule has 0 bridgehead atoms. The summed E-state index contributed by atoms with van der Waals surface area (Å²) in [6, 6.07) is -0.364. The van der Waals surface area contributed by atoms with Gasteiger partial charge in [-0.05, 0) is 33.1 Å². The van der Waals surface area contributed by atoms with Gasteiger partial charge in [0, 0.05) is 13.2 Å². The molecule has 0 unspecified atom stereocenters. The predicted octanol–water partition coefficient (Wildman–Crippen LogP) is 1.05. The smallest absolute Gasteiger partial charge is 0.236 e. The number of ether oxygens (including phenoxy) is 1. The highest BCUT2D eigenvalue weighted by Crippen LogP contribution is 1.94. The lowest BCUT2D eigenvalue weighted by molar-refractivity contribution is -0.122. The minimum atomic E-state index is -0.364. The third kappa shape index (κ3) is 8.39. The van der Waals surface area contributed by atoms with Gasteiger partial charge in [0.2, 0.25) is 5.91 Å². The number of rotatable bonds is 8. The Morgan fingerprint density at radius 2 is 2.07 bits per heavy atom. The highest BCUT2D eigenvalue weighted by atomic mass is 16.5. The first kappa shape index (κ1) is 14.4. The molecular weight excluding hydrogens is 192 g/mol. The van der Waals surface area contributed by atoms with Gasteiger partial charge < -0.3 is 15.8 Å². The molecule has 0 aliphatic heterocycles. The van der Waals surface area contributed by atoms with E-state index in [9.17, 15) is 4.79 Å². The molecule has 0 radical (unpaired) electrons. The molecule has 1 atom stereocenters. The van der Waals surface area contributed by atoms with Crippen LogP contribution in [0, 0.1) is 0 Å². The van der Waals surface area contributed by atoms with Gasteiger partial charge in [0.25, 0.3) is 0 Å². The van der Waals surface area contributed by atoms with Gasteiger partial charge in [-0.15, -0.1) is 0 Å². The number of amides is 1. The van der Waals surface area contributed by atoms with Crippen molar-refractivity contribution in [2.24, 2.45) is 5.73 Å². The molecule has 0 aliphatic carbocycles. The summed E-state index contributed by atoms with van der Waals surface area (Å²) in [5.74, 6) is -0.0534. The van der Waals surface area contributed by atoms with Crippen molar-refractivity contribution in [1.29, 1.82) is 0 Å². The fourth-order valence-corrected chi connectivity index (χ4v) is 1.07. The van der Waals surface area contributed by atoms with Crippen molar-refractivity contribution in [1.82, 2.24) is 5.32 Å². The van der Waals surface area contributed by atoms with Crippen molar-refractivity contribution in [3.63, 3.8) is 0 Å². The Bertz CT molecular complexity index is 172. The van der Waals surface area contributed by atoms with Gasteiger partial charge in [-0.25, -0.2) is 0 Å². The highest BCUT2D eigenvalue weighted by Gasteiger charge is 2.08. The van der Waals surface area contributed by atoms with E-state index in [-0.39, 0.29) is 18.1 Å². The molecular formula is C11H24N2O2. The Hall–Kier alpha value is -0.610. The first-order chi connectivity index (χ1) is 7.07. The van der Waals surface area contributed by atoms with Crippen LogP contribution in [-0.4, -0.2) is 31.2 Å². The molecule has 15 heavy (non-hydrogen) atoms. The van der Waals surface area contributed by atoms with E-state index in [2.05, 4.69) is 5.32 Å². The fourth-order valence-electron chi connectivity index (χ4n) is 1.07. The first-order valence-corrected chi connectivity index (χ1v) is 5.72. The summed E-state index contributed by atoms with van der Waals surface area (Å²) in [5, 5.41) is 2.80. The zero-order valence-electron chi connectivity index (χ0n) is 10.1. The van der Waals surface area contributed by atoms with Crippen molar-refractivity contribution in [3.8, 4) is 0 Å². The van der Waals surface area contributed by atoms with Crippen LogP contribution >= 0.6 is 0 Å². The van der Waals surface area contributed by atoms with E-state index in [4.69, 9.17) is 10.5 Å². The first-order valence-electron chi connectivity index (χ1n) is 5.72. The molecule has 90 valence electrons. The molecule has 0 aromatic heterocycles. The Morgan fingerprint density at radius 3 is 2.60 bits per heavy atom. The number of nitrogens with one attached hydrogen (secondary N) is 1. The van der Waals surface area contributed by atoms with Crippen molar-refractivity contribution in [3.05, 3.63) is 0 Å². The fraction of sp³-hybridized carbons (Fsp3) is 0.909. The number of nitrogens with two attached hydrogens (primary N) is 1. The number of unbranched alkanes of at least 4 members (excludes halogenated alkanes) is 1. The minimum absolute atomic E-state index is 0.0534. The summed E-state index contributed by atoms with van der Waals surface area (Å²) in [7, 11) is 0. The summed E-state index contributed by atoms with van der Waals surface area (Å²) in [6.45, 7) is 7.38. The van der Waals surface area contributed by atoms with Crippen molar-refractivity contribution in [2.75, 3.05) is 13.2 Å². The molecule has 0 heterocycles. The molecule has 0 aliphatic rings. The maximum Gasteiger partial charge on any atom is 0.236 e. The van der Waals surface area contributed by atoms with Crippen LogP contribution in [0.25, 0.3) is 0 Å². The molecule has 0 saturated heterocycles. The maximum absolute atomic E-state index is 11.2. The lowest BCUT2D eigenvalue weighted by atomic mass is 10.2. The van der Waals surface area contributed by atoms with Crippen molar-refractivity contribution >= 4 is 5.91 Å².